The standard InChI is InChI=1S/C8H14OS/c1-3-8(2)6-7(9)4-5-10-8/h3-6H2,1-2H3. The van der Waals surface area contributed by atoms with Gasteiger partial charge in [0.1, 0.15) is 5.78 Å². The van der Waals surface area contributed by atoms with E-state index < -0.39 is 0 Å². The molecular formula is C8H14OS. The van der Waals surface area contributed by atoms with Crippen LogP contribution in [0.25, 0.3) is 0 Å². The lowest BCUT2D eigenvalue weighted by Crippen LogP contribution is -2.28. The molecular weight excluding hydrogens is 144 g/mol. The molecule has 0 aromatic heterocycles. The van der Waals surface area contributed by atoms with Gasteiger partial charge in [-0.2, -0.15) is 11.8 Å². The molecule has 1 nitrogen and oxygen atoms in total. The largest absolute Gasteiger partial charge is 0.300 e. The van der Waals surface area contributed by atoms with Gasteiger partial charge >= 0.3 is 0 Å². The van der Waals surface area contributed by atoms with E-state index in [1.165, 1.54) is 0 Å². The van der Waals surface area contributed by atoms with Gasteiger partial charge in [0.25, 0.3) is 0 Å². The Kier molecular flexibility index (Phi) is 2.40. The quantitative estimate of drug-likeness (QED) is 0.582. The van der Waals surface area contributed by atoms with E-state index in [9.17, 15) is 4.79 Å². The van der Waals surface area contributed by atoms with Crippen molar-refractivity contribution in [1.29, 1.82) is 0 Å². The molecule has 0 bridgehead atoms. The molecule has 10 heavy (non-hydrogen) atoms. The number of thioether (sulfide) groups is 1. The number of rotatable bonds is 1. The summed E-state index contributed by atoms with van der Waals surface area (Å²) in [5, 5.41) is 0. The third-order valence-corrected chi connectivity index (χ3v) is 3.69. The first-order valence-electron chi connectivity index (χ1n) is 3.82. The summed E-state index contributed by atoms with van der Waals surface area (Å²) in [7, 11) is 0. The summed E-state index contributed by atoms with van der Waals surface area (Å²) >= 11 is 1.95. The highest BCUT2D eigenvalue weighted by molar-refractivity contribution is 8.00. The number of Topliss-reactive ketones (excluding diaryl/α,β-unsaturated/α-hetero) is 1. The summed E-state index contributed by atoms with van der Waals surface area (Å²) in [6.45, 7) is 4.35. The molecule has 0 amide bonds. The summed E-state index contributed by atoms with van der Waals surface area (Å²) in [6.07, 6.45) is 2.69. The molecule has 2 heteroatoms. The van der Waals surface area contributed by atoms with Crippen LogP contribution in [0.2, 0.25) is 0 Å². The van der Waals surface area contributed by atoms with Crippen molar-refractivity contribution in [2.24, 2.45) is 0 Å². The highest BCUT2D eigenvalue weighted by Crippen LogP contribution is 2.36. The third kappa shape index (κ3) is 1.75. The van der Waals surface area contributed by atoms with E-state index in [-0.39, 0.29) is 4.75 Å². The van der Waals surface area contributed by atoms with Crippen LogP contribution < -0.4 is 0 Å². The van der Waals surface area contributed by atoms with Crippen molar-refractivity contribution in [1.82, 2.24) is 0 Å². The van der Waals surface area contributed by atoms with Crippen molar-refractivity contribution in [2.75, 3.05) is 5.75 Å². The van der Waals surface area contributed by atoms with Crippen LogP contribution in [0.15, 0.2) is 0 Å². The van der Waals surface area contributed by atoms with Gasteiger partial charge in [0, 0.05) is 23.3 Å². The number of hydrogen-bond acceptors (Lipinski definition) is 2. The number of carbonyl (C=O) groups excluding carboxylic acids is 1. The van der Waals surface area contributed by atoms with Crippen molar-refractivity contribution >= 4 is 17.5 Å². The van der Waals surface area contributed by atoms with Crippen LogP contribution in [0.1, 0.15) is 33.1 Å². The minimum atomic E-state index is 0.259. The molecule has 1 unspecified atom stereocenters. The zero-order valence-corrected chi connectivity index (χ0v) is 7.46. The third-order valence-electron chi connectivity index (χ3n) is 2.15. The van der Waals surface area contributed by atoms with Gasteiger partial charge in [-0.25, -0.2) is 0 Å². The van der Waals surface area contributed by atoms with Crippen LogP contribution in [0, 0.1) is 0 Å². The molecule has 0 saturated carbocycles. The van der Waals surface area contributed by atoms with Crippen molar-refractivity contribution < 1.29 is 4.79 Å². The van der Waals surface area contributed by atoms with E-state index >= 15 is 0 Å². The molecule has 1 aliphatic rings. The lowest BCUT2D eigenvalue weighted by Gasteiger charge is -2.30. The fraction of sp³-hybridized carbons (Fsp3) is 0.875. The molecule has 0 radical (unpaired) electrons. The van der Waals surface area contributed by atoms with Gasteiger partial charge in [0.15, 0.2) is 0 Å². The second kappa shape index (κ2) is 2.95. The molecule has 1 rings (SSSR count). The van der Waals surface area contributed by atoms with Gasteiger partial charge in [-0.1, -0.05) is 13.8 Å². The number of carbonyl (C=O) groups is 1. The zero-order chi connectivity index (χ0) is 7.61. The minimum Gasteiger partial charge on any atom is -0.300 e. The van der Waals surface area contributed by atoms with Gasteiger partial charge in [0.2, 0.25) is 0 Å². The maximum Gasteiger partial charge on any atom is 0.135 e. The SMILES string of the molecule is CCC1(C)CC(=O)CCS1. The Morgan fingerprint density at radius 3 is 2.80 bits per heavy atom. The Balaban J connectivity index is 2.53. The Morgan fingerprint density at radius 1 is 1.70 bits per heavy atom. The fourth-order valence-corrected chi connectivity index (χ4v) is 2.48. The summed E-state index contributed by atoms with van der Waals surface area (Å²) in [4.78, 5) is 11.0. The first kappa shape index (κ1) is 8.12. The van der Waals surface area contributed by atoms with E-state index in [1.807, 2.05) is 11.8 Å². The molecule has 1 fully saturated rings. The van der Waals surface area contributed by atoms with Crippen molar-refractivity contribution in [3.63, 3.8) is 0 Å². The molecule has 0 spiro atoms. The van der Waals surface area contributed by atoms with Crippen molar-refractivity contribution in [3.8, 4) is 0 Å². The second-order valence-electron chi connectivity index (χ2n) is 3.12. The molecule has 58 valence electrons. The van der Waals surface area contributed by atoms with Crippen LogP contribution in [0.5, 0.6) is 0 Å². The van der Waals surface area contributed by atoms with E-state index in [2.05, 4.69) is 13.8 Å². The Labute approximate surface area is 66.6 Å². The monoisotopic (exact) mass is 158 g/mol. The highest BCUT2D eigenvalue weighted by Gasteiger charge is 2.29. The maximum atomic E-state index is 11.0. The van der Waals surface area contributed by atoms with Gasteiger partial charge in [-0.15, -0.1) is 0 Å². The van der Waals surface area contributed by atoms with Crippen molar-refractivity contribution in [2.45, 2.75) is 37.9 Å². The van der Waals surface area contributed by atoms with Gasteiger partial charge in [-0.05, 0) is 6.42 Å². The summed E-state index contributed by atoms with van der Waals surface area (Å²) < 4.78 is 0.259. The van der Waals surface area contributed by atoms with E-state index in [0.717, 1.165) is 25.0 Å². The molecule has 0 aromatic rings. The lowest BCUT2D eigenvalue weighted by atomic mass is 9.99. The first-order chi connectivity index (χ1) is 4.66. The molecule has 1 saturated heterocycles. The lowest BCUT2D eigenvalue weighted by molar-refractivity contribution is -0.119. The van der Waals surface area contributed by atoms with Crippen LogP contribution in [-0.2, 0) is 4.79 Å². The Hall–Kier alpha value is 0.0200. The maximum absolute atomic E-state index is 11.0. The van der Waals surface area contributed by atoms with Crippen LogP contribution in [-0.4, -0.2) is 16.3 Å². The molecule has 0 N–H and O–H groups in total. The average molecular weight is 158 g/mol. The van der Waals surface area contributed by atoms with E-state index in [0.29, 0.717) is 5.78 Å². The summed E-state index contributed by atoms with van der Waals surface area (Å²) in [5.41, 5.74) is 0. The van der Waals surface area contributed by atoms with Crippen LogP contribution in [0.4, 0.5) is 0 Å². The number of ketones is 1. The molecule has 0 aliphatic carbocycles. The smallest absolute Gasteiger partial charge is 0.135 e. The van der Waals surface area contributed by atoms with Crippen LogP contribution >= 0.6 is 11.8 Å². The zero-order valence-electron chi connectivity index (χ0n) is 6.64. The average Bonchev–Trinajstić information content (AvgIpc) is 1.88. The molecule has 0 aromatic carbocycles. The van der Waals surface area contributed by atoms with Gasteiger partial charge < -0.3 is 0 Å². The van der Waals surface area contributed by atoms with Crippen molar-refractivity contribution in [3.05, 3.63) is 0 Å². The predicted octanol–water partition coefficient (Wildman–Crippen LogP) is 2.25. The Bertz CT molecular complexity index is 144. The van der Waals surface area contributed by atoms with Crippen LogP contribution in [0.3, 0.4) is 0 Å². The van der Waals surface area contributed by atoms with E-state index in [1.54, 1.807) is 0 Å². The Morgan fingerprint density at radius 2 is 2.40 bits per heavy atom. The minimum absolute atomic E-state index is 0.259. The molecule has 1 atom stereocenters. The summed E-state index contributed by atoms with van der Waals surface area (Å²) in [5.74, 6) is 1.48. The fourth-order valence-electron chi connectivity index (χ4n) is 1.19. The van der Waals surface area contributed by atoms with Gasteiger partial charge in [-0.3, -0.25) is 4.79 Å². The highest BCUT2D eigenvalue weighted by atomic mass is 32.2. The molecule has 1 aliphatic heterocycles. The first-order valence-corrected chi connectivity index (χ1v) is 4.80. The molecule has 1 heterocycles. The second-order valence-corrected chi connectivity index (χ2v) is 4.80. The summed E-state index contributed by atoms with van der Waals surface area (Å²) in [6, 6.07) is 0. The normalized spacial score (nSPS) is 34.4. The number of hydrogen-bond donors (Lipinski definition) is 0. The van der Waals surface area contributed by atoms with Gasteiger partial charge in [0.05, 0.1) is 0 Å². The predicted molar refractivity (Wildman–Crippen MR) is 45.4 cm³/mol. The van der Waals surface area contributed by atoms with E-state index in [4.69, 9.17) is 0 Å². The topological polar surface area (TPSA) is 17.1 Å².